The predicted molar refractivity (Wildman–Crippen MR) is 152 cm³/mol. The van der Waals surface area contributed by atoms with E-state index in [1.807, 2.05) is 93.6 Å². The number of carbonyl (C=O) groups is 3. The molecule has 0 spiro atoms. The maximum absolute atomic E-state index is 13.6. The highest BCUT2D eigenvalue weighted by Gasteiger charge is 2.36. The number of ether oxygens (including phenoxy) is 1. The van der Waals surface area contributed by atoms with Gasteiger partial charge < -0.3 is 15.2 Å². The zero-order valence-corrected chi connectivity index (χ0v) is 22.8. The van der Waals surface area contributed by atoms with Crippen molar-refractivity contribution in [2.24, 2.45) is 16.9 Å². The SMILES string of the molecule is CC(C)C(C(=O)Nc1cccc2c1CC(C(=O)O)C2C)c1ccc(CN2N=C(c3ccccc3)OCC2=O)cc1. The van der Waals surface area contributed by atoms with Gasteiger partial charge in [0.2, 0.25) is 11.8 Å². The molecule has 40 heavy (non-hydrogen) atoms. The summed E-state index contributed by atoms with van der Waals surface area (Å²) in [4.78, 5) is 37.8. The van der Waals surface area contributed by atoms with Gasteiger partial charge in [-0.2, -0.15) is 0 Å². The van der Waals surface area contributed by atoms with Crippen LogP contribution in [0.4, 0.5) is 5.69 Å². The molecule has 2 N–H and O–H groups in total. The Morgan fingerprint density at radius 3 is 2.45 bits per heavy atom. The molecular formula is C32H33N3O5. The predicted octanol–water partition coefficient (Wildman–Crippen LogP) is 5.15. The van der Waals surface area contributed by atoms with Crippen LogP contribution in [0.5, 0.6) is 0 Å². The Labute approximate surface area is 233 Å². The van der Waals surface area contributed by atoms with E-state index in [1.165, 1.54) is 5.01 Å². The maximum Gasteiger partial charge on any atom is 0.307 e. The number of hydrazone groups is 1. The number of benzene rings is 3. The van der Waals surface area contributed by atoms with E-state index in [2.05, 4.69) is 10.4 Å². The second kappa shape index (κ2) is 11.3. The Morgan fingerprint density at radius 2 is 1.77 bits per heavy atom. The van der Waals surface area contributed by atoms with Crippen LogP contribution in [0.25, 0.3) is 0 Å². The summed E-state index contributed by atoms with van der Waals surface area (Å²) in [6.07, 6.45) is 0.401. The largest absolute Gasteiger partial charge is 0.481 e. The lowest BCUT2D eigenvalue weighted by Crippen LogP contribution is -2.36. The highest BCUT2D eigenvalue weighted by molar-refractivity contribution is 5.98. The summed E-state index contributed by atoms with van der Waals surface area (Å²) in [6.45, 7) is 6.14. The Bertz CT molecular complexity index is 1450. The fourth-order valence-electron chi connectivity index (χ4n) is 5.59. The van der Waals surface area contributed by atoms with Crippen LogP contribution in [0.3, 0.4) is 0 Å². The molecule has 2 amide bonds. The van der Waals surface area contributed by atoms with E-state index in [-0.39, 0.29) is 36.8 Å². The summed E-state index contributed by atoms with van der Waals surface area (Å²) in [6, 6.07) is 22.8. The van der Waals surface area contributed by atoms with E-state index in [0.29, 0.717) is 18.0 Å². The molecule has 5 rings (SSSR count). The first kappa shape index (κ1) is 27.1. The van der Waals surface area contributed by atoms with E-state index in [1.54, 1.807) is 0 Å². The molecule has 3 aromatic carbocycles. The van der Waals surface area contributed by atoms with Crippen molar-refractivity contribution in [2.75, 3.05) is 11.9 Å². The number of rotatable bonds is 8. The monoisotopic (exact) mass is 539 g/mol. The third kappa shape index (κ3) is 5.47. The highest BCUT2D eigenvalue weighted by Crippen LogP contribution is 2.41. The lowest BCUT2D eigenvalue weighted by molar-refractivity contribution is -0.142. The van der Waals surface area contributed by atoms with Crippen molar-refractivity contribution in [3.05, 3.63) is 101 Å². The molecule has 1 heterocycles. The number of carboxylic acid groups (broad SMARTS) is 1. The fraction of sp³-hybridized carbons (Fsp3) is 0.312. The molecule has 0 aromatic heterocycles. The van der Waals surface area contributed by atoms with Crippen LogP contribution in [0.2, 0.25) is 0 Å². The molecule has 0 saturated carbocycles. The van der Waals surface area contributed by atoms with Crippen LogP contribution >= 0.6 is 0 Å². The standard InChI is InChI=1S/C32H33N3O5/c1-19(2)29(30(37)33-27-11-7-10-24-20(3)25(32(38)39)16-26(24)27)22-14-12-21(13-15-22)17-35-28(36)18-40-31(34-35)23-8-5-4-6-9-23/h4-15,19-20,25,29H,16-18H2,1-3H3,(H,33,37)(H,38,39). The summed E-state index contributed by atoms with van der Waals surface area (Å²) < 4.78 is 5.53. The molecule has 1 aliphatic carbocycles. The second-order valence-electron chi connectivity index (χ2n) is 10.8. The molecule has 3 aromatic rings. The number of hydrogen-bond acceptors (Lipinski definition) is 5. The van der Waals surface area contributed by atoms with E-state index in [4.69, 9.17) is 4.74 Å². The van der Waals surface area contributed by atoms with Crippen LogP contribution in [0.1, 0.15) is 60.4 Å². The van der Waals surface area contributed by atoms with Crippen molar-refractivity contribution < 1.29 is 24.2 Å². The molecule has 0 radical (unpaired) electrons. The number of amides is 2. The molecule has 0 saturated heterocycles. The number of anilines is 1. The highest BCUT2D eigenvalue weighted by atomic mass is 16.5. The van der Waals surface area contributed by atoms with Crippen LogP contribution in [0, 0.1) is 11.8 Å². The van der Waals surface area contributed by atoms with Crippen molar-refractivity contribution in [3.63, 3.8) is 0 Å². The molecule has 1 aliphatic heterocycles. The quantitative estimate of drug-likeness (QED) is 0.412. The van der Waals surface area contributed by atoms with Gasteiger partial charge in [-0.1, -0.05) is 75.4 Å². The summed E-state index contributed by atoms with van der Waals surface area (Å²) in [5.74, 6) is -1.76. The van der Waals surface area contributed by atoms with Crippen LogP contribution in [0.15, 0.2) is 77.9 Å². The smallest absolute Gasteiger partial charge is 0.307 e. The first-order valence-electron chi connectivity index (χ1n) is 13.5. The van der Waals surface area contributed by atoms with Crippen molar-refractivity contribution in [1.82, 2.24) is 5.01 Å². The van der Waals surface area contributed by atoms with Gasteiger partial charge in [-0.15, -0.1) is 5.10 Å². The topological polar surface area (TPSA) is 108 Å². The fourth-order valence-corrected chi connectivity index (χ4v) is 5.59. The average Bonchev–Trinajstić information content (AvgIpc) is 3.29. The molecule has 0 bridgehead atoms. The first-order valence-corrected chi connectivity index (χ1v) is 13.5. The summed E-state index contributed by atoms with van der Waals surface area (Å²) in [5.41, 5.74) is 5.11. The molecule has 3 atom stereocenters. The molecule has 8 heteroatoms. The van der Waals surface area contributed by atoms with Crippen molar-refractivity contribution >= 4 is 29.4 Å². The summed E-state index contributed by atoms with van der Waals surface area (Å²) in [7, 11) is 0. The Balaban J connectivity index is 1.31. The third-order valence-corrected chi connectivity index (χ3v) is 7.78. The number of aliphatic carboxylic acids is 1. The van der Waals surface area contributed by atoms with Crippen molar-refractivity contribution in [2.45, 2.75) is 45.6 Å². The number of carboxylic acids is 1. The normalized spacial score (nSPS) is 19.1. The molecule has 2 aliphatic rings. The number of carbonyl (C=O) groups excluding carboxylic acids is 2. The van der Waals surface area contributed by atoms with Crippen LogP contribution in [-0.2, 0) is 32.1 Å². The minimum atomic E-state index is -0.818. The van der Waals surface area contributed by atoms with E-state index < -0.39 is 17.8 Å². The zero-order chi connectivity index (χ0) is 28.4. The van der Waals surface area contributed by atoms with Crippen molar-refractivity contribution in [3.8, 4) is 0 Å². The van der Waals surface area contributed by atoms with Gasteiger partial charge in [0.1, 0.15) is 0 Å². The van der Waals surface area contributed by atoms with E-state index in [0.717, 1.165) is 27.8 Å². The maximum atomic E-state index is 13.6. The zero-order valence-electron chi connectivity index (χ0n) is 22.8. The van der Waals surface area contributed by atoms with Gasteiger partial charge in [0.05, 0.1) is 18.4 Å². The lowest BCUT2D eigenvalue weighted by Gasteiger charge is -2.25. The van der Waals surface area contributed by atoms with Crippen LogP contribution in [-0.4, -0.2) is 40.4 Å². The van der Waals surface area contributed by atoms with Gasteiger partial charge >= 0.3 is 5.97 Å². The number of nitrogens with zero attached hydrogens (tertiary/aromatic N) is 2. The number of hydrogen-bond donors (Lipinski definition) is 2. The van der Waals surface area contributed by atoms with Gasteiger partial charge in [0.25, 0.3) is 5.91 Å². The van der Waals surface area contributed by atoms with Gasteiger partial charge in [-0.25, -0.2) is 5.01 Å². The van der Waals surface area contributed by atoms with Gasteiger partial charge in [0, 0.05) is 11.3 Å². The summed E-state index contributed by atoms with van der Waals surface area (Å²) in [5, 5.41) is 18.5. The molecule has 206 valence electrons. The average molecular weight is 540 g/mol. The minimum absolute atomic E-state index is 0.0205. The van der Waals surface area contributed by atoms with E-state index >= 15 is 0 Å². The van der Waals surface area contributed by atoms with Crippen LogP contribution < -0.4 is 5.32 Å². The van der Waals surface area contributed by atoms with Crippen molar-refractivity contribution in [1.29, 1.82) is 0 Å². The first-order chi connectivity index (χ1) is 19.2. The third-order valence-electron chi connectivity index (χ3n) is 7.78. The van der Waals surface area contributed by atoms with Gasteiger partial charge in [-0.05, 0) is 58.7 Å². The number of nitrogens with one attached hydrogen (secondary N) is 1. The summed E-state index contributed by atoms with van der Waals surface area (Å²) >= 11 is 0. The molecule has 0 fully saturated rings. The minimum Gasteiger partial charge on any atom is -0.481 e. The van der Waals surface area contributed by atoms with Gasteiger partial charge in [-0.3, -0.25) is 14.4 Å². The molecule has 8 nitrogen and oxygen atoms in total. The van der Waals surface area contributed by atoms with Gasteiger partial charge in [0.15, 0.2) is 6.61 Å². The Morgan fingerprint density at radius 1 is 1.05 bits per heavy atom. The molecule has 3 unspecified atom stereocenters. The second-order valence-corrected chi connectivity index (χ2v) is 10.8. The lowest BCUT2D eigenvalue weighted by atomic mass is 9.87. The number of fused-ring (bicyclic) bond motifs is 1. The Hall–Kier alpha value is -4.46. The van der Waals surface area contributed by atoms with E-state index in [9.17, 15) is 19.5 Å². The Kier molecular flexibility index (Phi) is 7.69. The molecular weight excluding hydrogens is 506 g/mol.